The molecule has 0 spiro atoms. The van der Waals surface area contributed by atoms with E-state index in [0.29, 0.717) is 35.8 Å². The monoisotopic (exact) mass is 441 g/mol. The molecule has 2 rings (SSSR count). The minimum Gasteiger partial charge on any atom is -0.493 e. The van der Waals surface area contributed by atoms with Gasteiger partial charge in [-0.1, -0.05) is 0 Å². The Morgan fingerprint density at radius 1 is 1.13 bits per heavy atom. The van der Waals surface area contributed by atoms with E-state index in [9.17, 15) is 18.0 Å². The van der Waals surface area contributed by atoms with Crippen LogP contribution in [0.1, 0.15) is 18.9 Å². The van der Waals surface area contributed by atoms with Gasteiger partial charge in [0.25, 0.3) is 5.91 Å². The van der Waals surface area contributed by atoms with Gasteiger partial charge in [-0.25, -0.2) is 13.2 Å². The summed E-state index contributed by atoms with van der Waals surface area (Å²) in [4.78, 5) is 25.8. The van der Waals surface area contributed by atoms with Crippen LogP contribution in [0, 0.1) is 0 Å². The van der Waals surface area contributed by atoms with Crippen molar-refractivity contribution in [1.82, 2.24) is 4.90 Å². The molecule has 0 aliphatic carbocycles. The predicted molar refractivity (Wildman–Crippen MR) is 111 cm³/mol. The molecular formula is C20H27NO8S. The molecule has 1 aliphatic heterocycles. The molecule has 1 aromatic carbocycles. The number of hydrogen-bond acceptors (Lipinski definition) is 8. The van der Waals surface area contributed by atoms with Crippen molar-refractivity contribution < 1.29 is 37.0 Å². The largest absolute Gasteiger partial charge is 0.493 e. The van der Waals surface area contributed by atoms with Gasteiger partial charge in [0, 0.05) is 18.7 Å². The van der Waals surface area contributed by atoms with Gasteiger partial charge in [0.05, 0.1) is 32.8 Å². The molecule has 9 nitrogen and oxygen atoms in total. The molecule has 1 amide bonds. The first kappa shape index (κ1) is 23.5. The van der Waals surface area contributed by atoms with Crippen LogP contribution in [0.2, 0.25) is 0 Å². The number of carbonyl (C=O) groups excluding carboxylic acids is 2. The fourth-order valence-electron chi connectivity index (χ4n) is 3.29. The van der Waals surface area contributed by atoms with E-state index in [1.807, 2.05) is 0 Å². The van der Waals surface area contributed by atoms with Gasteiger partial charge >= 0.3 is 5.97 Å². The quantitative estimate of drug-likeness (QED) is 0.417. The Bertz CT molecular complexity index is 884. The van der Waals surface area contributed by atoms with Crippen LogP contribution < -0.4 is 14.2 Å². The normalized spacial score (nSPS) is 17.5. The number of ether oxygens (including phenoxy) is 4. The van der Waals surface area contributed by atoms with E-state index in [2.05, 4.69) is 0 Å². The summed E-state index contributed by atoms with van der Waals surface area (Å²) in [6.45, 7) is 1.65. The summed E-state index contributed by atoms with van der Waals surface area (Å²) in [7, 11) is 1.35. The zero-order valence-corrected chi connectivity index (χ0v) is 18.4. The third kappa shape index (κ3) is 5.88. The van der Waals surface area contributed by atoms with Crippen molar-refractivity contribution in [3.63, 3.8) is 0 Å². The Hall–Kier alpha value is -2.75. The Morgan fingerprint density at radius 3 is 2.23 bits per heavy atom. The summed E-state index contributed by atoms with van der Waals surface area (Å²) in [6, 6.07) is 2.95. The fourth-order valence-corrected chi connectivity index (χ4v) is 5.02. The number of hydrogen-bond donors (Lipinski definition) is 0. The Morgan fingerprint density at radius 2 is 1.77 bits per heavy atom. The van der Waals surface area contributed by atoms with Crippen molar-refractivity contribution in [2.45, 2.75) is 19.4 Å². The Kier molecular flexibility index (Phi) is 8.10. The number of nitrogens with zero attached hydrogens (tertiary/aromatic N) is 1. The molecule has 1 unspecified atom stereocenters. The molecule has 0 aromatic heterocycles. The average molecular weight is 442 g/mol. The Balaban J connectivity index is 1.98. The van der Waals surface area contributed by atoms with E-state index in [1.54, 1.807) is 19.1 Å². The summed E-state index contributed by atoms with van der Waals surface area (Å²) >= 11 is 0. The lowest BCUT2D eigenvalue weighted by molar-refractivity contribution is -0.149. The molecule has 0 radical (unpaired) electrons. The molecule has 1 atom stereocenters. The Labute approximate surface area is 176 Å². The third-order valence-corrected chi connectivity index (χ3v) is 6.50. The second-order valence-corrected chi connectivity index (χ2v) is 8.87. The topological polar surface area (TPSA) is 108 Å². The van der Waals surface area contributed by atoms with E-state index in [-0.39, 0.29) is 17.5 Å². The van der Waals surface area contributed by atoms with E-state index < -0.39 is 28.3 Å². The first-order valence-corrected chi connectivity index (χ1v) is 11.2. The first-order valence-electron chi connectivity index (χ1n) is 9.39. The van der Waals surface area contributed by atoms with Gasteiger partial charge in [0.1, 0.15) is 0 Å². The second-order valence-electron chi connectivity index (χ2n) is 6.64. The maximum Gasteiger partial charge on any atom is 0.331 e. The molecule has 1 fully saturated rings. The van der Waals surface area contributed by atoms with Gasteiger partial charge in [-0.05, 0) is 37.1 Å². The lowest BCUT2D eigenvalue weighted by Crippen LogP contribution is -2.43. The maximum absolute atomic E-state index is 12.4. The van der Waals surface area contributed by atoms with Crippen LogP contribution in [-0.4, -0.2) is 77.2 Å². The van der Waals surface area contributed by atoms with Crippen LogP contribution in [0.15, 0.2) is 18.2 Å². The molecule has 166 valence electrons. The number of sulfone groups is 1. The van der Waals surface area contributed by atoms with Crippen molar-refractivity contribution in [2.24, 2.45) is 0 Å². The van der Waals surface area contributed by atoms with Crippen LogP contribution in [0.5, 0.6) is 17.2 Å². The van der Waals surface area contributed by atoms with E-state index >= 15 is 0 Å². The number of likely N-dealkylation sites (N-methyl/N-ethyl adjacent to an activating group) is 1. The highest BCUT2D eigenvalue weighted by molar-refractivity contribution is 7.91. The van der Waals surface area contributed by atoms with Crippen LogP contribution in [-0.2, 0) is 24.2 Å². The summed E-state index contributed by atoms with van der Waals surface area (Å²) < 4.78 is 44.1. The van der Waals surface area contributed by atoms with Gasteiger partial charge < -0.3 is 23.8 Å². The number of carbonyl (C=O) groups is 2. The van der Waals surface area contributed by atoms with Crippen LogP contribution in [0.4, 0.5) is 0 Å². The molecule has 0 bridgehead atoms. The molecule has 1 aromatic rings. The van der Waals surface area contributed by atoms with Crippen molar-refractivity contribution >= 4 is 27.8 Å². The summed E-state index contributed by atoms with van der Waals surface area (Å²) in [5.74, 6) is 0.191. The van der Waals surface area contributed by atoms with Gasteiger partial charge in [-0.2, -0.15) is 0 Å². The number of amides is 1. The highest BCUT2D eigenvalue weighted by Crippen LogP contribution is 2.38. The standard InChI is InChI=1S/C20H27NO8S/c1-5-21(15-8-9-30(24,25)13-15)18(22)12-29-19(23)7-6-14-10-16(26-2)20(28-4)17(11-14)27-3/h6-7,10-11,15H,5,8-9,12-13H2,1-4H3. The van der Waals surface area contributed by atoms with Gasteiger partial charge in [0.15, 0.2) is 27.9 Å². The van der Waals surface area contributed by atoms with Crippen LogP contribution in [0.25, 0.3) is 6.08 Å². The van der Waals surface area contributed by atoms with Gasteiger partial charge in [-0.3, -0.25) is 4.79 Å². The molecule has 30 heavy (non-hydrogen) atoms. The molecule has 1 aliphatic rings. The SMILES string of the molecule is CCN(C(=O)COC(=O)C=Cc1cc(OC)c(OC)c(OC)c1)C1CCS(=O)(=O)C1. The smallest absolute Gasteiger partial charge is 0.331 e. The van der Waals surface area contributed by atoms with Gasteiger partial charge in [0.2, 0.25) is 5.75 Å². The number of rotatable bonds is 9. The number of methoxy groups -OCH3 is 3. The van der Waals surface area contributed by atoms with Crippen molar-refractivity contribution in [3.8, 4) is 17.2 Å². The van der Waals surface area contributed by atoms with E-state index in [4.69, 9.17) is 18.9 Å². The van der Waals surface area contributed by atoms with Gasteiger partial charge in [-0.15, -0.1) is 0 Å². The minimum atomic E-state index is -3.11. The second kappa shape index (κ2) is 10.3. The van der Waals surface area contributed by atoms with E-state index in [0.717, 1.165) is 0 Å². The van der Waals surface area contributed by atoms with Crippen molar-refractivity contribution in [1.29, 1.82) is 0 Å². The fraction of sp³-hybridized carbons (Fsp3) is 0.500. The molecule has 0 saturated carbocycles. The third-order valence-electron chi connectivity index (χ3n) is 4.75. The minimum absolute atomic E-state index is 0.0540. The van der Waals surface area contributed by atoms with E-state index in [1.165, 1.54) is 38.4 Å². The maximum atomic E-state index is 12.4. The first-order chi connectivity index (χ1) is 14.2. The lowest BCUT2D eigenvalue weighted by atomic mass is 10.1. The zero-order chi connectivity index (χ0) is 22.3. The zero-order valence-electron chi connectivity index (χ0n) is 17.5. The van der Waals surface area contributed by atoms with Crippen LogP contribution in [0.3, 0.4) is 0 Å². The molecule has 0 N–H and O–H groups in total. The summed E-state index contributed by atoms with van der Waals surface area (Å²) in [6.07, 6.45) is 3.08. The summed E-state index contributed by atoms with van der Waals surface area (Å²) in [5.41, 5.74) is 0.610. The summed E-state index contributed by atoms with van der Waals surface area (Å²) in [5, 5.41) is 0. The molecule has 1 saturated heterocycles. The van der Waals surface area contributed by atoms with Crippen molar-refractivity contribution in [3.05, 3.63) is 23.8 Å². The predicted octanol–water partition coefficient (Wildman–Crippen LogP) is 1.30. The molecule has 1 heterocycles. The highest BCUT2D eigenvalue weighted by Gasteiger charge is 2.34. The lowest BCUT2D eigenvalue weighted by Gasteiger charge is -2.26. The molecule has 10 heteroatoms. The number of benzene rings is 1. The molecular weight excluding hydrogens is 414 g/mol. The number of esters is 1. The average Bonchev–Trinajstić information content (AvgIpc) is 3.09. The van der Waals surface area contributed by atoms with Crippen molar-refractivity contribution in [2.75, 3.05) is 46.0 Å². The van der Waals surface area contributed by atoms with Crippen LogP contribution >= 0.6 is 0 Å². The highest BCUT2D eigenvalue weighted by atomic mass is 32.2.